The molecule has 1 amide bonds. The quantitative estimate of drug-likeness (QED) is 0.849. The standard InChI is InChI=1S/C18H23NO3/c20-17(10-15-9-12-6-7-14(15)8-12)19-11-16(18(21)22)13-4-2-1-3-5-13/h1-5,12,14-16H,6-11H2,(H,19,20)(H,21,22). The monoisotopic (exact) mass is 301 g/mol. The number of carboxylic acid groups (broad SMARTS) is 1. The number of hydrogen-bond donors (Lipinski definition) is 2. The van der Waals surface area contributed by atoms with Crippen molar-refractivity contribution in [1.29, 1.82) is 0 Å². The molecule has 4 heteroatoms. The summed E-state index contributed by atoms with van der Waals surface area (Å²) in [5.41, 5.74) is 0.732. The second-order valence-corrected chi connectivity index (χ2v) is 6.74. The second kappa shape index (κ2) is 6.51. The molecule has 2 bridgehead atoms. The van der Waals surface area contributed by atoms with E-state index >= 15 is 0 Å². The molecule has 2 saturated carbocycles. The van der Waals surface area contributed by atoms with E-state index in [1.165, 1.54) is 25.7 Å². The predicted molar refractivity (Wildman–Crippen MR) is 83.4 cm³/mol. The fourth-order valence-corrected chi connectivity index (χ4v) is 4.19. The van der Waals surface area contributed by atoms with E-state index in [1.54, 1.807) is 12.1 Å². The lowest BCUT2D eigenvalue weighted by Crippen LogP contribution is -2.33. The van der Waals surface area contributed by atoms with Crippen LogP contribution in [0.25, 0.3) is 0 Å². The van der Waals surface area contributed by atoms with E-state index in [0.717, 1.165) is 17.4 Å². The molecule has 3 rings (SSSR count). The second-order valence-electron chi connectivity index (χ2n) is 6.74. The third kappa shape index (κ3) is 3.32. The summed E-state index contributed by atoms with van der Waals surface area (Å²) in [5, 5.41) is 12.2. The highest BCUT2D eigenvalue weighted by atomic mass is 16.4. The van der Waals surface area contributed by atoms with Gasteiger partial charge in [0.15, 0.2) is 0 Å². The third-order valence-corrected chi connectivity index (χ3v) is 5.34. The van der Waals surface area contributed by atoms with Crippen LogP contribution in [0.4, 0.5) is 0 Å². The smallest absolute Gasteiger partial charge is 0.312 e. The van der Waals surface area contributed by atoms with Crippen molar-refractivity contribution in [3.8, 4) is 0 Å². The van der Waals surface area contributed by atoms with Crippen molar-refractivity contribution in [3.63, 3.8) is 0 Å². The number of aliphatic carboxylic acids is 1. The number of nitrogens with one attached hydrogen (secondary N) is 1. The van der Waals surface area contributed by atoms with E-state index in [0.29, 0.717) is 12.3 Å². The minimum atomic E-state index is -0.897. The molecule has 0 aliphatic heterocycles. The van der Waals surface area contributed by atoms with Gasteiger partial charge in [-0.05, 0) is 42.6 Å². The summed E-state index contributed by atoms with van der Waals surface area (Å²) >= 11 is 0. The Labute approximate surface area is 130 Å². The Hall–Kier alpha value is -1.84. The van der Waals surface area contributed by atoms with Crippen LogP contribution in [0.5, 0.6) is 0 Å². The lowest BCUT2D eigenvalue weighted by Gasteiger charge is -2.21. The van der Waals surface area contributed by atoms with Crippen molar-refractivity contribution < 1.29 is 14.7 Å². The summed E-state index contributed by atoms with van der Waals surface area (Å²) in [4.78, 5) is 23.5. The fraction of sp³-hybridized carbons (Fsp3) is 0.556. The van der Waals surface area contributed by atoms with Gasteiger partial charge in [0.05, 0.1) is 5.92 Å². The summed E-state index contributed by atoms with van der Waals surface area (Å²) < 4.78 is 0. The van der Waals surface area contributed by atoms with E-state index in [4.69, 9.17) is 0 Å². The van der Waals surface area contributed by atoms with Crippen molar-refractivity contribution in [2.45, 2.75) is 38.0 Å². The number of hydrogen-bond acceptors (Lipinski definition) is 2. The lowest BCUT2D eigenvalue weighted by atomic mass is 9.86. The predicted octanol–water partition coefficient (Wildman–Crippen LogP) is 2.80. The summed E-state index contributed by atoms with van der Waals surface area (Å²) in [7, 11) is 0. The van der Waals surface area contributed by atoms with Crippen LogP contribution in [-0.4, -0.2) is 23.5 Å². The Kier molecular flexibility index (Phi) is 4.46. The van der Waals surface area contributed by atoms with Crippen LogP contribution in [-0.2, 0) is 9.59 Å². The molecule has 2 fully saturated rings. The maximum absolute atomic E-state index is 12.1. The molecule has 1 aromatic rings. The first-order valence-corrected chi connectivity index (χ1v) is 8.18. The average molecular weight is 301 g/mol. The van der Waals surface area contributed by atoms with Crippen LogP contribution in [0.1, 0.15) is 43.6 Å². The molecule has 4 unspecified atom stereocenters. The van der Waals surface area contributed by atoms with Gasteiger partial charge < -0.3 is 10.4 Å². The first kappa shape index (κ1) is 15.1. The Morgan fingerprint density at radius 1 is 1.18 bits per heavy atom. The third-order valence-electron chi connectivity index (χ3n) is 5.34. The van der Waals surface area contributed by atoms with Gasteiger partial charge in [-0.1, -0.05) is 36.8 Å². The Morgan fingerprint density at radius 3 is 2.55 bits per heavy atom. The molecular weight excluding hydrogens is 278 g/mol. The van der Waals surface area contributed by atoms with Crippen molar-refractivity contribution in [2.24, 2.45) is 17.8 Å². The van der Waals surface area contributed by atoms with Gasteiger partial charge in [0.2, 0.25) is 5.91 Å². The lowest BCUT2D eigenvalue weighted by molar-refractivity contribution is -0.138. The molecule has 0 heterocycles. The molecule has 2 aliphatic carbocycles. The van der Waals surface area contributed by atoms with Crippen molar-refractivity contribution in [3.05, 3.63) is 35.9 Å². The van der Waals surface area contributed by atoms with Gasteiger partial charge >= 0.3 is 5.97 Å². The number of amides is 1. The summed E-state index contributed by atoms with van der Waals surface area (Å²) in [5.74, 6) is 0.495. The number of rotatable bonds is 6. The van der Waals surface area contributed by atoms with Gasteiger partial charge in [-0.25, -0.2) is 0 Å². The molecule has 0 radical (unpaired) electrons. The SMILES string of the molecule is O=C(CC1CC2CCC1C2)NCC(C(=O)O)c1ccccc1. The molecule has 0 saturated heterocycles. The first-order chi connectivity index (χ1) is 10.6. The fourth-order valence-electron chi connectivity index (χ4n) is 4.19. The number of benzene rings is 1. The number of carbonyl (C=O) groups is 2. The van der Waals surface area contributed by atoms with E-state index in [2.05, 4.69) is 5.32 Å². The minimum Gasteiger partial charge on any atom is -0.481 e. The maximum atomic E-state index is 12.1. The van der Waals surface area contributed by atoms with Crippen LogP contribution in [0.2, 0.25) is 0 Å². The van der Waals surface area contributed by atoms with E-state index in [9.17, 15) is 14.7 Å². The van der Waals surface area contributed by atoms with E-state index < -0.39 is 11.9 Å². The average Bonchev–Trinajstić information content (AvgIpc) is 3.11. The zero-order chi connectivity index (χ0) is 15.5. The van der Waals surface area contributed by atoms with E-state index in [1.807, 2.05) is 18.2 Å². The highest BCUT2D eigenvalue weighted by Crippen LogP contribution is 2.49. The van der Waals surface area contributed by atoms with Crippen LogP contribution in [0.3, 0.4) is 0 Å². The van der Waals surface area contributed by atoms with Gasteiger partial charge in [0, 0.05) is 13.0 Å². The highest BCUT2D eigenvalue weighted by Gasteiger charge is 2.40. The van der Waals surface area contributed by atoms with Crippen molar-refractivity contribution in [2.75, 3.05) is 6.54 Å². The minimum absolute atomic E-state index is 0.000249. The summed E-state index contributed by atoms with van der Waals surface area (Å²) in [6.07, 6.45) is 5.63. The molecule has 0 spiro atoms. The molecule has 0 aromatic heterocycles. The first-order valence-electron chi connectivity index (χ1n) is 8.18. The Morgan fingerprint density at radius 2 is 1.95 bits per heavy atom. The van der Waals surface area contributed by atoms with Crippen molar-refractivity contribution in [1.82, 2.24) is 5.32 Å². The molecular formula is C18H23NO3. The van der Waals surface area contributed by atoms with Crippen LogP contribution >= 0.6 is 0 Å². The molecule has 4 atom stereocenters. The Balaban J connectivity index is 1.52. The van der Waals surface area contributed by atoms with Crippen LogP contribution in [0, 0.1) is 17.8 Å². The molecule has 22 heavy (non-hydrogen) atoms. The van der Waals surface area contributed by atoms with Gasteiger partial charge in [0.1, 0.15) is 0 Å². The zero-order valence-electron chi connectivity index (χ0n) is 12.7. The molecule has 4 nitrogen and oxygen atoms in total. The Bertz CT molecular complexity index is 543. The van der Waals surface area contributed by atoms with Gasteiger partial charge in [-0.2, -0.15) is 0 Å². The van der Waals surface area contributed by atoms with Gasteiger partial charge in [-0.15, -0.1) is 0 Å². The number of carbonyl (C=O) groups excluding carboxylic acids is 1. The normalized spacial score (nSPS) is 27.5. The maximum Gasteiger partial charge on any atom is 0.312 e. The molecule has 1 aromatic carbocycles. The van der Waals surface area contributed by atoms with Crippen LogP contribution < -0.4 is 5.32 Å². The highest BCUT2D eigenvalue weighted by molar-refractivity contribution is 5.80. The topological polar surface area (TPSA) is 66.4 Å². The zero-order valence-corrected chi connectivity index (χ0v) is 12.7. The molecule has 2 N–H and O–H groups in total. The number of fused-ring (bicyclic) bond motifs is 2. The van der Waals surface area contributed by atoms with Gasteiger partial charge in [0.25, 0.3) is 0 Å². The molecule has 2 aliphatic rings. The van der Waals surface area contributed by atoms with E-state index in [-0.39, 0.29) is 12.5 Å². The van der Waals surface area contributed by atoms with Crippen LogP contribution in [0.15, 0.2) is 30.3 Å². The molecule has 118 valence electrons. The van der Waals surface area contributed by atoms with Gasteiger partial charge in [-0.3, -0.25) is 9.59 Å². The summed E-state index contributed by atoms with van der Waals surface area (Å²) in [6.45, 7) is 0.166. The number of carboxylic acids is 1. The van der Waals surface area contributed by atoms with Crippen molar-refractivity contribution >= 4 is 11.9 Å². The largest absolute Gasteiger partial charge is 0.481 e. The summed E-state index contributed by atoms with van der Waals surface area (Å²) in [6, 6.07) is 9.09.